The van der Waals surface area contributed by atoms with Crippen molar-refractivity contribution in [3.05, 3.63) is 34.6 Å². The van der Waals surface area contributed by atoms with E-state index in [1.54, 1.807) is 18.2 Å². The zero-order valence-corrected chi connectivity index (χ0v) is 8.99. The van der Waals surface area contributed by atoms with Crippen LogP contribution in [0, 0.1) is 0 Å². The molecule has 7 heteroatoms. The molecular formula is C9H9N5OS. The summed E-state index contributed by atoms with van der Waals surface area (Å²) in [5.41, 5.74) is 10.7. The lowest BCUT2D eigenvalue weighted by molar-refractivity contribution is 0.940. The van der Waals surface area contributed by atoms with Crippen LogP contribution in [0.3, 0.4) is 0 Å². The topological polar surface area (TPSA) is 111 Å². The highest BCUT2D eigenvalue weighted by atomic mass is 32.2. The van der Waals surface area contributed by atoms with Gasteiger partial charge in [0.25, 0.3) is 5.56 Å². The summed E-state index contributed by atoms with van der Waals surface area (Å²) < 4.78 is 0. The van der Waals surface area contributed by atoms with Crippen LogP contribution in [0.2, 0.25) is 0 Å². The Hall–Kier alpha value is -2.02. The molecule has 2 rings (SSSR count). The van der Waals surface area contributed by atoms with Crippen molar-refractivity contribution in [3.8, 4) is 0 Å². The smallest absolute Gasteiger partial charge is 0.253 e. The zero-order chi connectivity index (χ0) is 11.5. The molecule has 0 aromatic carbocycles. The van der Waals surface area contributed by atoms with Crippen molar-refractivity contribution in [3.63, 3.8) is 0 Å². The number of hydrogen-bond donors (Lipinski definition) is 3. The van der Waals surface area contributed by atoms with Gasteiger partial charge in [-0.2, -0.15) is 0 Å². The molecule has 2 heterocycles. The Kier molecular flexibility index (Phi) is 2.78. The Labute approximate surface area is 95.1 Å². The fourth-order valence-corrected chi connectivity index (χ4v) is 1.89. The second-order valence-electron chi connectivity index (χ2n) is 2.98. The van der Waals surface area contributed by atoms with E-state index in [4.69, 9.17) is 11.5 Å². The molecule has 0 saturated heterocycles. The Morgan fingerprint density at radius 2 is 2.00 bits per heavy atom. The van der Waals surface area contributed by atoms with E-state index in [-0.39, 0.29) is 11.4 Å². The number of H-pyrrole nitrogens is 1. The number of anilines is 2. The Bertz CT molecular complexity index is 568. The van der Waals surface area contributed by atoms with Gasteiger partial charge in [0, 0.05) is 6.07 Å². The van der Waals surface area contributed by atoms with Gasteiger partial charge in [0.1, 0.15) is 16.7 Å². The van der Waals surface area contributed by atoms with Gasteiger partial charge in [-0.1, -0.05) is 6.07 Å². The maximum absolute atomic E-state index is 11.1. The van der Waals surface area contributed by atoms with E-state index in [0.29, 0.717) is 16.0 Å². The molecule has 16 heavy (non-hydrogen) atoms. The van der Waals surface area contributed by atoms with Crippen molar-refractivity contribution in [1.82, 2.24) is 15.0 Å². The van der Waals surface area contributed by atoms with Crippen molar-refractivity contribution in [2.75, 3.05) is 11.5 Å². The lowest BCUT2D eigenvalue weighted by Crippen LogP contribution is -2.09. The number of rotatable bonds is 2. The first-order valence-electron chi connectivity index (χ1n) is 4.41. The molecule has 0 bridgehead atoms. The summed E-state index contributed by atoms with van der Waals surface area (Å²) >= 11 is 1.19. The molecule has 0 aliphatic heterocycles. The molecule has 0 aliphatic rings. The number of hydrogen-bond acceptors (Lipinski definition) is 6. The summed E-state index contributed by atoms with van der Waals surface area (Å²) in [4.78, 5) is 21.7. The highest BCUT2D eigenvalue weighted by Gasteiger charge is 2.03. The van der Waals surface area contributed by atoms with Crippen LogP contribution in [0.5, 0.6) is 0 Å². The second kappa shape index (κ2) is 4.23. The molecule has 0 unspecified atom stereocenters. The third kappa shape index (κ3) is 2.51. The predicted molar refractivity (Wildman–Crippen MR) is 62.0 cm³/mol. The minimum absolute atomic E-state index is 0.176. The highest BCUT2D eigenvalue weighted by Crippen LogP contribution is 2.22. The lowest BCUT2D eigenvalue weighted by Gasteiger charge is -2.01. The Morgan fingerprint density at radius 3 is 2.69 bits per heavy atom. The molecule has 6 nitrogen and oxygen atoms in total. The quantitative estimate of drug-likeness (QED) is 0.653. The fourth-order valence-electron chi connectivity index (χ4n) is 1.09. The molecule has 0 atom stereocenters. The van der Waals surface area contributed by atoms with Crippen LogP contribution in [-0.4, -0.2) is 15.0 Å². The molecule has 0 saturated carbocycles. The number of aromatic nitrogens is 3. The first-order valence-corrected chi connectivity index (χ1v) is 5.22. The van der Waals surface area contributed by atoms with Gasteiger partial charge < -0.3 is 16.5 Å². The minimum Gasteiger partial charge on any atom is -0.384 e. The Balaban J connectivity index is 2.30. The average Bonchev–Trinajstić information content (AvgIpc) is 2.15. The molecule has 0 spiro atoms. The molecule has 0 fully saturated rings. The number of nitrogens with one attached hydrogen (secondary N) is 1. The first-order chi connectivity index (χ1) is 7.63. The molecule has 0 aliphatic carbocycles. The number of pyridine rings is 1. The highest BCUT2D eigenvalue weighted by molar-refractivity contribution is 7.99. The van der Waals surface area contributed by atoms with Crippen LogP contribution >= 0.6 is 11.8 Å². The summed E-state index contributed by atoms with van der Waals surface area (Å²) in [7, 11) is 0. The van der Waals surface area contributed by atoms with Crippen molar-refractivity contribution in [1.29, 1.82) is 0 Å². The fraction of sp³-hybridized carbons (Fsp3) is 0. The van der Waals surface area contributed by atoms with E-state index in [9.17, 15) is 4.79 Å². The molecule has 2 aromatic rings. The van der Waals surface area contributed by atoms with Crippen LogP contribution in [-0.2, 0) is 0 Å². The molecule has 0 amide bonds. The molecule has 5 N–H and O–H groups in total. The van der Waals surface area contributed by atoms with Crippen LogP contribution < -0.4 is 17.0 Å². The summed E-state index contributed by atoms with van der Waals surface area (Å²) in [6, 6.07) is 6.44. The number of nitrogens with zero attached hydrogens (tertiary/aromatic N) is 2. The van der Waals surface area contributed by atoms with Gasteiger partial charge in [-0.3, -0.25) is 4.79 Å². The van der Waals surface area contributed by atoms with Gasteiger partial charge in [0.15, 0.2) is 5.16 Å². The van der Waals surface area contributed by atoms with Gasteiger partial charge in [0.2, 0.25) is 0 Å². The third-order valence-electron chi connectivity index (χ3n) is 1.69. The normalized spacial score (nSPS) is 10.2. The average molecular weight is 235 g/mol. The van der Waals surface area contributed by atoms with Gasteiger partial charge in [-0.05, 0) is 23.9 Å². The van der Waals surface area contributed by atoms with E-state index in [2.05, 4.69) is 15.0 Å². The third-order valence-corrected chi connectivity index (χ3v) is 2.51. The first kappa shape index (κ1) is 10.5. The second-order valence-corrected chi connectivity index (χ2v) is 3.99. The monoisotopic (exact) mass is 235 g/mol. The van der Waals surface area contributed by atoms with Gasteiger partial charge in [-0.15, -0.1) is 0 Å². The van der Waals surface area contributed by atoms with Gasteiger partial charge in [-0.25, -0.2) is 9.97 Å². The van der Waals surface area contributed by atoms with Crippen LogP contribution in [0.15, 0.2) is 39.2 Å². The Morgan fingerprint density at radius 1 is 1.19 bits per heavy atom. The van der Waals surface area contributed by atoms with Gasteiger partial charge in [0.05, 0.1) is 0 Å². The van der Waals surface area contributed by atoms with Crippen LogP contribution in [0.1, 0.15) is 0 Å². The maximum atomic E-state index is 11.1. The van der Waals surface area contributed by atoms with E-state index in [1.807, 2.05) is 0 Å². The summed E-state index contributed by atoms with van der Waals surface area (Å²) in [6.45, 7) is 0. The summed E-state index contributed by atoms with van der Waals surface area (Å²) in [5, 5.41) is 1.04. The van der Waals surface area contributed by atoms with Gasteiger partial charge >= 0.3 is 0 Å². The maximum Gasteiger partial charge on any atom is 0.253 e. The van der Waals surface area contributed by atoms with E-state index in [0.717, 1.165) is 0 Å². The van der Waals surface area contributed by atoms with Crippen molar-refractivity contribution in [2.45, 2.75) is 10.2 Å². The van der Waals surface area contributed by atoms with Crippen LogP contribution in [0.4, 0.5) is 11.6 Å². The lowest BCUT2D eigenvalue weighted by atomic mass is 10.5. The largest absolute Gasteiger partial charge is 0.384 e. The molecule has 2 aromatic heterocycles. The van der Waals surface area contributed by atoms with Crippen LogP contribution in [0.25, 0.3) is 0 Å². The van der Waals surface area contributed by atoms with Crippen molar-refractivity contribution >= 4 is 23.4 Å². The molecular weight excluding hydrogens is 226 g/mol. The van der Waals surface area contributed by atoms with E-state index < -0.39 is 0 Å². The summed E-state index contributed by atoms with van der Waals surface area (Å²) in [6.07, 6.45) is 0. The number of aromatic amines is 1. The standard InChI is InChI=1S/C9H9N5OS/c10-5-2-1-3-8(12-5)16-9-13-6(11)4-7(15)14-9/h1-4H,(H2,10,12)(H3,11,13,14,15). The zero-order valence-electron chi connectivity index (χ0n) is 8.18. The summed E-state index contributed by atoms with van der Waals surface area (Å²) in [5.74, 6) is 0.589. The van der Waals surface area contributed by atoms with E-state index in [1.165, 1.54) is 17.8 Å². The molecule has 0 radical (unpaired) electrons. The number of nitrogen functional groups attached to an aromatic ring is 2. The van der Waals surface area contributed by atoms with Crippen molar-refractivity contribution in [2.24, 2.45) is 0 Å². The molecule has 82 valence electrons. The van der Waals surface area contributed by atoms with E-state index >= 15 is 0 Å². The van der Waals surface area contributed by atoms with Crippen molar-refractivity contribution < 1.29 is 0 Å². The minimum atomic E-state index is -0.293. The SMILES string of the molecule is Nc1cccc(Sc2nc(N)cc(=O)[nH]2)n1. The predicted octanol–water partition coefficient (Wildman–Crippen LogP) is 0.480. The number of nitrogens with two attached hydrogens (primary N) is 2.